The molecular formula is C28H40O4. The number of benzene rings is 2. The second kappa shape index (κ2) is 15.4. The zero-order chi connectivity index (χ0) is 23.0. The maximum atomic E-state index is 11.6. The van der Waals surface area contributed by atoms with Crippen molar-refractivity contribution in [1.82, 2.24) is 0 Å². The van der Waals surface area contributed by atoms with E-state index in [1.165, 1.54) is 51.4 Å². The van der Waals surface area contributed by atoms with E-state index in [4.69, 9.17) is 9.47 Å². The fraction of sp³-hybridized carbons (Fsp3) is 0.571. The van der Waals surface area contributed by atoms with Crippen molar-refractivity contribution in [2.45, 2.75) is 90.9 Å². The molecule has 32 heavy (non-hydrogen) atoms. The van der Waals surface area contributed by atoms with Gasteiger partial charge in [0.1, 0.15) is 11.5 Å². The Labute approximate surface area is 193 Å². The quantitative estimate of drug-likeness (QED) is 0.174. The number of hydrogen-bond donors (Lipinski definition) is 0. The highest BCUT2D eigenvalue weighted by atomic mass is 16.5. The van der Waals surface area contributed by atoms with Crippen LogP contribution in [-0.4, -0.2) is 25.8 Å². The number of unbranched alkanes of at least 4 members (excludes halogenated alkanes) is 10. The van der Waals surface area contributed by atoms with Gasteiger partial charge < -0.3 is 9.47 Å². The lowest BCUT2D eigenvalue weighted by molar-refractivity contribution is 0.111. The fourth-order valence-corrected chi connectivity index (χ4v) is 4.01. The summed E-state index contributed by atoms with van der Waals surface area (Å²) in [4.78, 5) is 23.3. The monoisotopic (exact) mass is 440 g/mol. The van der Waals surface area contributed by atoms with Crippen molar-refractivity contribution in [3.63, 3.8) is 0 Å². The molecule has 0 fully saturated rings. The van der Waals surface area contributed by atoms with E-state index in [1.807, 2.05) is 12.1 Å². The third-order valence-corrected chi connectivity index (χ3v) is 5.91. The lowest BCUT2D eigenvalue weighted by Gasteiger charge is -2.16. The fourth-order valence-electron chi connectivity index (χ4n) is 4.01. The van der Waals surface area contributed by atoms with E-state index < -0.39 is 0 Å². The topological polar surface area (TPSA) is 52.6 Å². The number of carbonyl (C=O) groups is 2. The van der Waals surface area contributed by atoms with Crippen LogP contribution in [0.5, 0.6) is 11.5 Å². The van der Waals surface area contributed by atoms with Crippen LogP contribution in [0.4, 0.5) is 0 Å². The Morgan fingerprint density at radius 2 is 0.938 bits per heavy atom. The van der Waals surface area contributed by atoms with Crippen molar-refractivity contribution in [3.8, 4) is 11.5 Å². The molecule has 0 radical (unpaired) electrons. The van der Waals surface area contributed by atoms with Gasteiger partial charge in [-0.2, -0.15) is 0 Å². The molecule has 0 spiro atoms. The third kappa shape index (κ3) is 7.96. The molecule has 2 rings (SSSR count). The van der Waals surface area contributed by atoms with E-state index in [0.29, 0.717) is 35.8 Å². The lowest BCUT2D eigenvalue weighted by Crippen LogP contribution is -2.04. The Morgan fingerprint density at radius 1 is 0.562 bits per heavy atom. The molecule has 0 amide bonds. The smallest absolute Gasteiger partial charge is 0.153 e. The highest BCUT2D eigenvalue weighted by Gasteiger charge is 2.15. The Kier molecular flexibility index (Phi) is 12.5. The van der Waals surface area contributed by atoms with Crippen LogP contribution >= 0.6 is 0 Å². The van der Waals surface area contributed by atoms with Gasteiger partial charge in [-0.15, -0.1) is 0 Å². The molecule has 0 heterocycles. The molecule has 0 N–H and O–H groups in total. The maximum absolute atomic E-state index is 11.6. The van der Waals surface area contributed by atoms with E-state index in [2.05, 4.69) is 13.8 Å². The van der Waals surface area contributed by atoms with Crippen LogP contribution in [0.15, 0.2) is 24.3 Å². The van der Waals surface area contributed by atoms with Crippen LogP contribution < -0.4 is 9.47 Å². The summed E-state index contributed by atoms with van der Waals surface area (Å²) in [7, 11) is 0. The van der Waals surface area contributed by atoms with Gasteiger partial charge in [0, 0.05) is 10.8 Å². The van der Waals surface area contributed by atoms with Crippen LogP contribution in [0, 0.1) is 0 Å². The molecule has 0 aromatic heterocycles. The minimum absolute atomic E-state index is 0.532. The van der Waals surface area contributed by atoms with Gasteiger partial charge in [0.15, 0.2) is 12.6 Å². The number of carbonyl (C=O) groups excluding carboxylic acids is 2. The van der Waals surface area contributed by atoms with Gasteiger partial charge in [0.2, 0.25) is 0 Å². The Balaban J connectivity index is 2.09. The van der Waals surface area contributed by atoms with Gasteiger partial charge in [0.25, 0.3) is 0 Å². The van der Waals surface area contributed by atoms with Gasteiger partial charge in [-0.1, -0.05) is 78.1 Å². The molecule has 0 atom stereocenters. The highest BCUT2D eigenvalue weighted by Crippen LogP contribution is 2.37. The SMILES string of the molecule is CCCCCCCCOc1c(C=O)ccc2c(OCCCCCCCC)c(C=O)ccc12. The molecule has 0 unspecified atom stereocenters. The molecule has 4 heteroatoms. The molecule has 4 nitrogen and oxygen atoms in total. The molecule has 0 aliphatic heterocycles. The molecule has 0 aliphatic rings. The van der Waals surface area contributed by atoms with Gasteiger partial charge in [-0.3, -0.25) is 9.59 Å². The van der Waals surface area contributed by atoms with E-state index in [0.717, 1.165) is 49.0 Å². The Morgan fingerprint density at radius 3 is 1.31 bits per heavy atom. The predicted molar refractivity (Wildman–Crippen MR) is 132 cm³/mol. The first-order valence-electron chi connectivity index (χ1n) is 12.5. The Hall–Kier alpha value is -2.36. The maximum Gasteiger partial charge on any atom is 0.153 e. The zero-order valence-corrected chi connectivity index (χ0v) is 20.0. The van der Waals surface area contributed by atoms with Gasteiger partial charge >= 0.3 is 0 Å². The van der Waals surface area contributed by atoms with E-state index >= 15 is 0 Å². The molecule has 0 saturated heterocycles. The van der Waals surface area contributed by atoms with Crippen molar-refractivity contribution in [1.29, 1.82) is 0 Å². The van der Waals surface area contributed by atoms with E-state index in [1.54, 1.807) is 12.1 Å². The summed E-state index contributed by atoms with van der Waals surface area (Å²) in [5, 5.41) is 1.65. The average Bonchev–Trinajstić information content (AvgIpc) is 2.82. The molecule has 2 aromatic carbocycles. The Bertz CT molecular complexity index is 759. The minimum Gasteiger partial charge on any atom is -0.492 e. The summed E-state index contributed by atoms with van der Waals surface area (Å²) in [5.74, 6) is 1.18. The number of rotatable bonds is 18. The van der Waals surface area contributed by atoms with Crippen LogP contribution in [0.3, 0.4) is 0 Å². The normalized spacial score (nSPS) is 10.9. The highest BCUT2D eigenvalue weighted by molar-refractivity contribution is 6.02. The second-order valence-corrected chi connectivity index (χ2v) is 8.53. The largest absolute Gasteiger partial charge is 0.492 e. The van der Waals surface area contributed by atoms with Crippen molar-refractivity contribution in [3.05, 3.63) is 35.4 Å². The van der Waals surface area contributed by atoms with Crippen LogP contribution in [0.25, 0.3) is 10.8 Å². The van der Waals surface area contributed by atoms with Crippen molar-refractivity contribution in [2.75, 3.05) is 13.2 Å². The standard InChI is InChI=1S/C28H40O4/c1-3-5-7-9-11-13-19-31-27-23(21-29)15-18-26-25(27)17-16-24(22-30)28(26)32-20-14-12-10-8-6-4-2/h15-18,21-22H,3-14,19-20H2,1-2H3. The lowest BCUT2D eigenvalue weighted by atomic mass is 10.0. The number of hydrogen-bond acceptors (Lipinski definition) is 4. The first-order chi connectivity index (χ1) is 15.8. The second-order valence-electron chi connectivity index (χ2n) is 8.53. The summed E-state index contributed by atoms with van der Waals surface area (Å²) in [5.41, 5.74) is 1.06. The third-order valence-electron chi connectivity index (χ3n) is 5.91. The first kappa shape index (κ1) is 25.9. The van der Waals surface area contributed by atoms with E-state index in [-0.39, 0.29) is 0 Å². The van der Waals surface area contributed by atoms with Gasteiger partial charge in [-0.05, 0) is 37.1 Å². The predicted octanol–water partition coefficient (Wildman–Crippen LogP) is 7.94. The van der Waals surface area contributed by atoms with E-state index in [9.17, 15) is 9.59 Å². The molecule has 176 valence electrons. The number of fused-ring (bicyclic) bond motifs is 1. The average molecular weight is 441 g/mol. The van der Waals surface area contributed by atoms with Crippen molar-refractivity contribution >= 4 is 23.3 Å². The number of aldehydes is 2. The summed E-state index contributed by atoms with van der Waals surface area (Å²) in [6.07, 6.45) is 15.8. The van der Waals surface area contributed by atoms with Crippen molar-refractivity contribution in [2.24, 2.45) is 0 Å². The zero-order valence-electron chi connectivity index (χ0n) is 20.0. The van der Waals surface area contributed by atoms with Gasteiger partial charge in [-0.25, -0.2) is 0 Å². The number of ether oxygens (including phenoxy) is 2. The molecule has 0 bridgehead atoms. The van der Waals surface area contributed by atoms with Gasteiger partial charge in [0.05, 0.1) is 24.3 Å². The molecule has 0 saturated carbocycles. The summed E-state index contributed by atoms with van der Waals surface area (Å²) < 4.78 is 12.2. The summed E-state index contributed by atoms with van der Waals surface area (Å²) in [6.45, 7) is 5.59. The van der Waals surface area contributed by atoms with Crippen molar-refractivity contribution < 1.29 is 19.1 Å². The van der Waals surface area contributed by atoms with Crippen LogP contribution in [0.2, 0.25) is 0 Å². The summed E-state index contributed by atoms with van der Waals surface area (Å²) >= 11 is 0. The van der Waals surface area contributed by atoms with Crippen LogP contribution in [-0.2, 0) is 0 Å². The molecular weight excluding hydrogens is 400 g/mol. The molecule has 0 aliphatic carbocycles. The summed E-state index contributed by atoms with van der Waals surface area (Å²) in [6, 6.07) is 7.25. The minimum atomic E-state index is 0.532. The van der Waals surface area contributed by atoms with Crippen LogP contribution in [0.1, 0.15) is 112 Å². The first-order valence-corrected chi connectivity index (χ1v) is 12.5. The molecule has 2 aromatic rings.